The zero-order valence-electron chi connectivity index (χ0n) is 18.2. The van der Waals surface area contributed by atoms with E-state index in [0.29, 0.717) is 6.04 Å². The van der Waals surface area contributed by atoms with Crippen molar-refractivity contribution in [1.82, 2.24) is 20.6 Å². The Kier molecular flexibility index (Phi) is 5.57. The number of H-pyrrole nitrogens is 1. The standard InChI is InChI=1S/C27H27N5/c1-18-3-12-27(31-18)32-26(15-28-2)20-6-4-19(5-7-20)21-8-9-23-14-24(11-10-22(23)13-21)25-16-29-17-30-25/h4-11,13-18,27,31-32H,2-3,12H2,1H3,(H,29,30)/b26-15-/t18-,27?/m1/s1. The molecule has 5 nitrogen and oxygen atoms in total. The second-order valence-corrected chi connectivity index (χ2v) is 8.39. The first-order valence-electron chi connectivity index (χ1n) is 11.0. The van der Waals surface area contributed by atoms with Crippen LogP contribution in [-0.2, 0) is 0 Å². The Balaban J connectivity index is 1.38. The molecule has 2 heterocycles. The average molecular weight is 422 g/mol. The van der Waals surface area contributed by atoms with Gasteiger partial charge in [-0.25, -0.2) is 4.98 Å². The lowest BCUT2D eigenvalue weighted by molar-refractivity contribution is 0.527. The van der Waals surface area contributed by atoms with E-state index < -0.39 is 0 Å². The molecule has 3 N–H and O–H groups in total. The summed E-state index contributed by atoms with van der Waals surface area (Å²) in [5, 5.41) is 9.56. The molecular formula is C27H27N5. The molecule has 1 aromatic heterocycles. The van der Waals surface area contributed by atoms with Crippen LogP contribution in [0.1, 0.15) is 25.3 Å². The number of rotatable bonds is 6. The molecule has 4 aromatic rings. The maximum absolute atomic E-state index is 4.12. The number of aromatic nitrogens is 2. The number of hydrogen-bond acceptors (Lipinski definition) is 4. The Morgan fingerprint density at radius 1 is 1.00 bits per heavy atom. The number of benzene rings is 3. The van der Waals surface area contributed by atoms with E-state index in [4.69, 9.17) is 0 Å². The van der Waals surface area contributed by atoms with E-state index in [9.17, 15) is 0 Å². The van der Waals surface area contributed by atoms with Crippen LogP contribution < -0.4 is 10.6 Å². The van der Waals surface area contributed by atoms with Crippen LogP contribution in [0.15, 0.2) is 84.4 Å². The predicted molar refractivity (Wildman–Crippen MR) is 133 cm³/mol. The number of imidazole rings is 1. The first kappa shape index (κ1) is 20.2. The summed E-state index contributed by atoms with van der Waals surface area (Å²) < 4.78 is 0. The van der Waals surface area contributed by atoms with Gasteiger partial charge in [-0.15, -0.1) is 0 Å². The topological polar surface area (TPSA) is 65.1 Å². The smallest absolute Gasteiger partial charge is 0.0924 e. The minimum atomic E-state index is 0.268. The molecule has 1 fully saturated rings. The van der Waals surface area contributed by atoms with Crippen molar-refractivity contribution in [1.29, 1.82) is 0 Å². The van der Waals surface area contributed by atoms with E-state index in [1.165, 1.54) is 28.3 Å². The fourth-order valence-corrected chi connectivity index (χ4v) is 4.36. The van der Waals surface area contributed by atoms with Crippen LogP contribution in [0.4, 0.5) is 0 Å². The largest absolute Gasteiger partial charge is 0.368 e. The molecule has 5 rings (SSSR count). The quantitative estimate of drug-likeness (QED) is 0.356. The third-order valence-corrected chi connectivity index (χ3v) is 6.10. The summed E-state index contributed by atoms with van der Waals surface area (Å²) in [6.45, 7) is 5.86. The maximum atomic E-state index is 4.12. The lowest BCUT2D eigenvalue weighted by Gasteiger charge is -2.18. The summed E-state index contributed by atoms with van der Waals surface area (Å²) >= 11 is 0. The third-order valence-electron chi connectivity index (χ3n) is 6.10. The molecule has 160 valence electrons. The fraction of sp³-hybridized carbons (Fsp3) is 0.185. The van der Waals surface area contributed by atoms with Crippen molar-refractivity contribution < 1.29 is 0 Å². The molecule has 1 aliphatic heterocycles. The maximum Gasteiger partial charge on any atom is 0.0924 e. The molecule has 1 aliphatic rings. The third kappa shape index (κ3) is 4.20. The molecule has 0 radical (unpaired) electrons. The lowest BCUT2D eigenvalue weighted by atomic mass is 9.98. The molecule has 0 aliphatic carbocycles. The zero-order chi connectivity index (χ0) is 21.9. The number of aliphatic imine (C=N–C) groups is 1. The van der Waals surface area contributed by atoms with E-state index in [1.54, 1.807) is 12.5 Å². The van der Waals surface area contributed by atoms with Crippen molar-refractivity contribution >= 4 is 23.2 Å². The highest BCUT2D eigenvalue weighted by molar-refractivity contribution is 5.90. The number of nitrogens with one attached hydrogen (secondary N) is 3. The Hall–Kier alpha value is -3.70. The van der Waals surface area contributed by atoms with Crippen LogP contribution in [-0.4, -0.2) is 28.9 Å². The second kappa shape index (κ2) is 8.81. The van der Waals surface area contributed by atoms with Crippen LogP contribution in [0.2, 0.25) is 0 Å². The molecule has 32 heavy (non-hydrogen) atoms. The Morgan fingerprint density at radius 3 is 2.38 bits per heavy atom. The number of nitrogens with zero attached hydrogens (tertiary/aromatic N) is 2. The molecule has 0 amide bonds. The van der Waals surface area contributed by atoms with E-state index >= 15 is 0 Å². The zero-order valence-corrected chi connectivity index (χ0v) is 18.2. The fourth-order valence-electron chi connectivity index (χ4n) is 4.36. The summed E-state index contributed by atoms with van der Waals surface area (Å²) in [6, 6.07) is 22.2. The minimum absolute atomic E-state index is 0.268. The summed E-state index contributed by atoms with van der Waals surface area (Å²) in [5.41, 5.74) is 6.65. The molecular weight excluding hydrogens is 394 g/mol. The van der Waals surface area contributed by atoms with Crippen LogP contribution in [0, 0.1) is 0 Å². The van der Waals surface area contributed by atoms with E-state index in [0.717, 1.165) is 28.9 Å². The van der Waals surface area contributed by atoms with Gasteiger partial charge < -0.3 is 10.3 Å². The van der Waals surface area contributed by atoms with Gasteiger partial charge in [-0.2, -0.15) is 0 Å². The Labute approximate surface area is 188 Å². The van der Waals surface area contributed by atoms with Gasteiger partial charge in [-0.1, -0.05) is 48.5 Å². The van der Waals surface area contributed by atoms with Crippen molar-refractivity contribution in [3.8, 4) is 22.4 Å². The molecule has 1 saturated heterocycles. The molecule has 0 bridgehead atoms. The highest BCUT2D eigenvalue weighted by Crippen LogP contribution is 2.28. The summed E-state index contributed by atoms with van der Waals surface area (Å²) in [7, 11) is 0. The van der Waals surface area contributed by atoms with E-state index in [-0.39, 0.29) is 6.17 Å². The van der Waals surface area contributed by atoms with E-state index in [1.807, 2.05) is 6.20 Å². The van der Waals surface area contributed by atoms with Gasteiger partial charge in [0, 0.05) is 17.8 Å². The monoisotopic (exact) mass is 421 g/mol. The molecule has 2 atom stereocenters. The van der Waals surface area contributed by atoms with Crippen LogP contribution >= 0.6 is 0 Å². The van der Waals surface area contributed by atoms with Gasteiger partial charge in [-0.05, 0) is 66.1 Å². The van der Waals surface area contributed by atoms with Crippen molar-refractivity contribution in [3.63, 3.8) is 0 Å². The summed E-state index contributed by atoms with van der Waals surface area (Å²) in [6.07, 6.45) is 7.90. The number of hydrogen-bond donors (Lipinski definition) is 3. The average Bonchev–Trinajstić information content (AvgIpc) is 3.50. The number of aromatic amines is 1. The molecule has 5 heteroatoms. The first-order valence-corrected chi connectivity index (χ1v) is 11.0. The van der Waals surface area contributed by atoms with Crippen molar-refractivity contribution in [2.24, 2.45) is 4.99 Å². The Morgan fingerprint density at radius 2 is 1.72 bits per heavy atom. The van der Waals surface area contributed by atoms with Crippen LogP contribution in [0.5, 0.6) is 0 Å². The van der Waals surface area contributed by atoms with Crippen LogP contribution in [0.25, 0.3) is 38.9 Å². The summed E-state index contributed by atoms with van der Waals surface area (Å²) in [4.78, 5) is 11.3. The molecule has 0 saturated carbocycles. The molecule has 0 spiro atoms. The van der Waals surface area contributed by atoms with Crippen molar-refractivity contribution in [3.05, 3.63) is 85.0 Å². The molecule has 3 aromatic carbocycles. The minimum Gasteiger partial charge on any atom is -0.368 e. The number of fused-ring (bicyclic) bond motifs is 1. The molecule has 1 unspecified atom stereocenters. The first-order chi connectivity index (χ1) is 15.7. The van der Waals surface area contributed by atoms with Gasteiger partial charge in [0.1, 0.15) is 0 Å². The highest BCUT2D eigenvalue weighted by atomic mass is 15.2. The van der Waals surface area contributed by atoms with Gasteiger partial charge in [0.2, 0.25) is 0 Å². The lowest BCUT2D eigenvalue weighted by Crippen LogP contribution is -2.38. The highest BCUT2D eigenvalue weighted by Gasteiger charge is 2.20. The van der Waals surface area contributed by atoms with Crippen molar-refractivity contribution in [2.75, 3.05) is 0 Å². The normalized spacial score (nSPS) is 18.7. The van der Waals surface area contributed by atoms with Gasteiger partial charge in [-0.3, -0.25) is 10.3 Å². The van der Waals surface area contributed by atoms with Gasteiger partial charge in [0.15, 0.2) is 0 Å². The van der Waals surface area contributed by atoms with E-state index in [2.05, 4.69) is 99.9 Å². The van der Waals surface area contributed by atoms with Crippen LogP contribution in [0.3, 0.4) is 0 Å². The van der Waals surface area contributed by atoms with Gasteiger partial charge in [0.05, 0.1) is 30.1 Å². The second-order valence-electron chi connectivity index (χ2n) is 8.39. The van der Waals surface area contributed by atoms with Gasteiger partial charge >= 0.3 is 0 Å². The Bertz CT molecular complexity index is 1260. The van der Waals surface area contributed by atoms with Crippen molar-refractivity contribution in [2.45, 2.75) is 32.0 Å². The SMILES string of the molecule is C=N/C=C(\NC1CC[C@@H](C)N1)c1ccc(-c2ccc3cc(-c4cnc[nH]4)ccc3c2)cc1. The van der Waals surface area contributed by atoms with Gasteiger partial charge in [0.25, 0.3) is 0 Å². The predicted octanol–water partition coefficient (Wildman–Crippen LogP) is 5.58. The summed E-state index contributed by atoms with van der Waals surface area (Å²) in [5.74, 6) is 0.